The van der Waals surface area contributed by atoms with Crippen LogP contribution in [-0.2, 0) is 9.59 Å². The van der Waals surface area contributed by atoms with Crippen molar-refractivity contribution < 1.29 is 14.3 Å². The number of hydrogen-bond donors (Lipinski definition) is 2. The summed E-state index contributed by atoms with van der Waals surface area (Å²) in [6, 6.07) is 4.83. The molecule has 126 valence electrons. The molecule has 1 aromatic carbocycles. The normalized spacial score (nSPS) is 16.7. The summed E-state index contributed by atoms with van der Waals surface area (Å²) in [6.07, 6.45) is 0. The third kappa shape index (κ3) is 4.13. The average Bonchev–Trinajstić information content (AvgIpc) is 2.55. The number of nitrogen functional groups attached to an aromatic ring is 1. The Hall–Kier alpha value is -2.28. The van der Waals surface area contributed by atoms with Crippen LogP contribution in [0.15, 0.2) is 18.2 Å². The molecule has 0 aliphatic carbocycles. The number of nitrogens with one attached hydrogen (secondary N) is 1. The quantitative estimate of drug-likeness (QED) is 0.800. The SMILES string of the molecule is COc1cc(N)ccc1NC(=O)C(C)N1CCN(C(C)=O)CC1. The third-order valence-electron chi connectivity index (χ3n) is 4.17. The molecule has 1 heterocycles. The highest BCUT2D eigenvalue weighted by Gasteiger charge is 2.26. The van der Waals surface area contributed by atoms with Gasteiger partial charge in [-0.25, -0.2) is 0 Å². The van der Waals surface area contributed by atoms with Crippen LogP contribution in [0, 0.1) is 0 Å². The second kappa shape index (κ2) is 7.32. The van der Waals surface area contributed by atoms with Crippen molar-refractivity contribution in [2.24, 2.45) is 0 Å². The summed E-state index contributed by atoms with van der Waals surface area (Å²) >= 11 is 0. The maximum Gasteiger partial charge on any atom is 0.241 e. The van der Waals surface area contributed by atoms with Gasteiger partial charge in [0.2, 0.25) is 11.8 Å². The average molecular weight is 320 g/mol. The van der Waals surface area contributed by atoms with Gasteiger partial charge in [-0.1, -0.05) is 0 Å². The van der Waals surface area contributed by atoms with E-state index in [2.05, 4.69) is 10.2 Å². The molecule has 0 bridgehead atoms. The van der Waals surface area contributed by atoms with Gasteiger partial charge in [0.1, 0.15) is 5.75 Å². The molecule has 0 radical (unpaired) electrons. The minimum atomic E-state index is -0.286. The molecule has 0 spiro atoms. The Morgan fingerprint density at radius 2 is 1.91 bits per heavy atom. The Bertz CT molecular complexity index is 583. The fraction of sp³-hybridized carbons (Fsp3) is 0.500. The van der Waals surface area contributed by atoms with Gasteiger partial charge in [-0.05, 0) is 19.1 Å². The van der Waals surface area contributed by atoms with E-state index in [1.54, 1.807) is 30.0 Å². The van der Waals surface area contributed by atoms with Gasteiger partial charge in [0, 0.05) is 44.9 Å². The first kappa shape index (κ1) is 17.1. The molecule has 23 heavy (non-hydrogen) atoms. The number of benzene rings is 1. The molecule has 1 atom stereocenters. The predicted octanol–water partition coefficient (Wildman–Crippen LogP) is 0.768. The number of piperazine rings is 1. The van der Waals surface area contributed by atoms with Crippen molar-refractivity contribution in [1.29, 1.82) is 0 Å². The zero-order valence-corrected chi connectivity index (χ0v) is 13.8. The predicted molar refractivity (Wildman–Crippen MR) is 89.3 cm³/mol. The van der Waals surface area contributed by atoms with Crippen LogP contribution in [0.4, 0.5) is 11.4 Å². The van der Waals surface area contributed by atoms with Crippen molar-refractivity contribution in [3.63, 3.8) is 0 Å². The molecular formula is C16H24N4O3. The zero-order valence-electron chi connectivity index (χ0n) is 13.8. The monoisotopic (exact) mass is 320 g/mol. The van der Waals surface area contributed by atoms with E-state index in [0.717, 1.165) is 0 Å². The van der Waals surface area contributed by atoms with Crippen molar-refractivity contribution in [2.75, 3.05) is 44.3 Å². The number of ether oxygens (including phenoxy) is 1. The molecule has 1 aliphatic rings. The summed E-state index contributed by atoms with van der Waals surface area (Å²) in [5.74, 6) is 0.504. The Kier molecular flexibility index (Phi) is 5.44. The molecule has 1 unspecified atom stereocenters. The van der Waals surface area contributed by atoms with E-state index >= 15 is 0 Å². The molecule has 1 aromatic rings. The largest absolute Gasteiger partial charge is 0.494 e. The van der Waals surface area contributed by atoms with Gasteiger partial charge in [0.25, 0.3) is 0 Å². The number of rotatable bonds is 4. The van der Waals surface area contributed by atoms with E-state index in [9.17, 15) is 9.59 Å². The molecular weight excluding hydrogens is 296 g/mol. The Labute approximate surface area is 136 Å². The number of carbonyl (C=O) groups excluding carboxylic acids is 2. The first-order valence-corrected chi connectivity index (χ1v) is 7.66. The maximum absolute atomic E-state index is 12.5. The van der Waals surface area contributed by atoms with Gasteiger partial charge in [-0.3, -0.25) is 14.5 Å². The lowest BCUT2D eigenvalue weighted by Gasteiger charge is -2.37. The molecule has 1 saturated heterocycles. The van der Waals surface area contributed by atoms with E-state index < -0.39 is 0 Å². The molecule has 3 N–H and O–H groups in total. The highest BCUT2D eigenvalue weighted by Crippen LogP contribution is 2.26. The lowest BCUT2D eigenvalue weighted by Crippen LogP contribution is -2.53. The van der Waals surface area contributed by atoms with Gasteiger partial charge in [0.15, 0.2) is 0 Å². The molecule has 2 amide bonds. The van der Waals surface area contributed by atoms with Crippen molar-refractivity contribution in [3.05, 3.63) is 18.2 Å². The number of amides is 2. The summed E-state index contributed by atoms with van der Waals surface area (Å²) in [6.45, 7) is 6.11. The highest BCUT2D eigenvalue weighted by atomic mass is 16.5. The van der Waals surface area contributed by atoms with Crippen LogP contribution >= 0.6 is 0 Å². The second-order valence-electron chi connectivity index (χ2n) is 5.67. The molecule has 7 nitrogen and oxygen atoms in total. The summed E-state index contributed by atoms with van der Waals surface area (Å²) in [5, 5.41) is 2.88. The fourth-order valence-corrected chi connectivity index (χ4v) is 2.64. The van der Waals surface area contributed by atoms with Gasteiger partial charge in [0.05, 0.1) is 18.8 Å². The van der Waals surface area contributed by atoms with Gasteiger partial charge in [-0.15, -0.1) is 0 Å². The molecule has 1 fully saturated rings. The lowest BCUT2D eigenvalue weighted by molar-refractivity contribution is -0.131. The van der Waals surface area contributed by atoms with Crippen molar-refractivity contribution in [1.82, 2.24) is 9.80 Å². The third-order valence-corrected chi connectivity index (χ3v) is 4.17. The maximum atomic E-state index is 12.5. The van der Waals surface area contributed by atoms with E-state index in [1.165, 1.54) is 7.11 Å². The van der Waals surface area contributed by atoms with Crippen LogP contribution in [0.25, 0.3) is 0 Å². The summed E-state index contributed by atoms with van der Waals surface area (Å²) in [7, 11) is 1.54. The smallest absolute Gasteiger partial charge is 0.241 e. The van der Waals surface area contributed by atoms with E-state index in [-0.39, 0.29) is 17.9 Å². The zero-order chi connectivity index (χ0) is 17.0. The summed E-state index contributed by atoms with van der Waals surface area (Å²) in [5.41, 5.74) is 6.89. The molecule has 2 rings (SSSR count). The number of nitrogens with two attached hydrogens (primary N) is 1. The Morgan fingerprint density at radius 3 is 2.48 bits per heavy atom. The Balaban J connectivity index is 1.97. The van der Waals surface area contributed by atoms with E-state index in [4.69, 9.17) is 10.5 Å². The van der Waals surface area contributed by atoms with Crippen LogP contribution in [0.2, 0.25) is 0 Å². The number of carbonyl (C=O) groups is 2. The van der Waals surface area contributed by atoms with Crippen LogP contribution in [0.5, 0.6) is 5.75 Å². The lowest BCUT2D eigenvalue weighted by atomic mass is 10.2. The van der Waals surface area contributed by atoms with Gasteiger partial charge < -0.3 is 20.7 Å². The van der Waals surface area contributed by atoms with Crippen LogP contribution in [0.3, 0.4) is 0 Å². The van der Waals surface area contributed by atoms with Crippen molar-refractivity contribution in [3.8, 4) is 5.75 Å². The molecule has 0 saturated carbocycles. The summed E-state index contributed by atoms with van der Waals surface area (Å²) < 4.78 is 5.24. The first-order chi connectivity index (χ1) is 10.9. The van der Waals surface area contributed by atoms with E-state index in [1.807, 2.05) is 6.92 Å². The highest BCUT2D eigenvalue weighted by molar-refractivity contribution is 5.96. The topological polar surface area (TPSA) is 87.9 Å². The number of methoxy groups -OCH3 is 1. The summed E-state index contributed by atoms with van der Waals surface area (Å²) in [4.78, 5) is 27.7. The fourth-order valence-electron chi connectivity index (χ4n) is 2.64. The molecule has 7 heteroatoms. The van der Waals surface area contributed by atoms with Gasteiger partial charge in [-0.2, -0.15) is 0 Å². The number of nitrogens with zero attached hydrogens (tertiary/aromatic N) is 2. The van der Waals surface area contributed by atoms with Crippen LogP contribution < -0.4 is 15.8 Å². The van der Waals surface area contributed by atoms with Crippen molar-refractivity contribution >= 4 is 23.2 Å². The minimum Gasteiger partial charge on any atom is -0.494 e. The van der Waals surface area contributed by atoms with Crippen LogP contribution in [0.1, 0.15) is 13.8 Å². The molecule has 1 aliphatic heterocycles. The van der Waals surface area contributed by atoms with E-state index in [0.29, 0.717) is 43.3 Å². The van der Waals surface area contributed by atoms with Crippen LogP contribution in [-0.4, -0.2) is 60.9 Å². The minimum absolute atomic E-state index is 0.0772. The number of anilines is 2. The van der Waals surface area contributed by atoms with Crippen molar-refractivity contribution in [2.45, 2.75) is 19.9 Å². The van der Waals surface area contributed by atoms with Gasteiger partial charge >= 0.3 is 0 Å². The number of hydrogen-bond acceptors (Lipinski definition) is 5. The Morgan fingerprint density at radius 1 is 1.26 bits per heavy atom. The first-order valence-electron chi connectivity index (χ1n) is 7.66. The molecule has 0 aromatic heterocycles. The second-order valence-corrected chi connectivity index (χ2v) is 5.67. The standard InChI is InChI=1S/C16H24N4O3/c1-11(19-6-8-20(9-7-19)12(2)21)16(22)18-14-5-4-13(17)10-15(14)23-3/h4-5,10-11H,6-9,17H2,1-3H3,(H,18,22).